The van der Waals surface area contributed by atoms with E-state index < -0.39 is 0 Å². The Bertz CT molecular complexity index is 424. The van der Waals surface area contributed by atoms with Gasteiger partial charge in [-0.3, -0.25) is 15.6 Å². The first kappa shape index (κ1) is 13.1. The molecule has 1 aromatic rings. The lowest BCUT2D eigenvalue weighted by Crippen LogP contribution is -2.35. The highest BCUT2D eigenvalue weighted by molar-refractivity contribution is 5.97. The second kappa shape index (κ2) is 5.50. The molecule has 1 saturated heterocycles. The molecule has 1 aromatic carbocycles. The van der Waals surface area contributed by atoms with Gasteiger partial charge in [-0.15, -0.1) is 0 Å². The van der Waals surface area contributed by atoms with E-state index in [9.17, 15) is 4.79 Å². The molecule has 2 atom stereocenters. The van der Waals surface area contributed by atoms with Gasteiger partial charge in [-0.2, -0.15) is 0 Å². The third-order valence-electron chi connectivity index (χ3n) is 3.63. The molecule has 3 N–H and O–H groups in total. The molecule has 1 aliphatic rings. The fourth-order valence-corrected chi connectivity index (χ4v) is 2.38. The Kier molecular flexibility index (Phi) is 3.99. The van der Waals surface area contributed by atoms with Crippen LogP contribution in [0.2, 0.25) is 0 Å². The van der Waals surface area contributed by atoms with Gasteiger partial charge in [-0.25, -0.2) is 0 Å². The Hall–Kier alpha value is -1.39. The molecule has 1 fully saturated rings. The van der Waals surface area contributed by atoms with Crippen molar-refractivity contribution in [1.29, 1.82) is 0 Å². The molecule has 4 nitrogen and oxygen atoms in total. The standard InChI is InChI=1S/C14H21N3O/c1-9-5-4-6-10(2)13(9)14(18)15-7-12-8-16-17-11(12)3/h4-6,11-12,16-17H,7-8H2,1-3H3,(H,15,18). The number of aryl methyl sites for hydroxylation is 2. The van der Waals surface area contributed by atoms with Crippen LogP contribution in [0.25, 0.3) is 0 Å². The molecule has 0 bridgehead atoms. The predicted octanol–water partition coefficient (Wildman–Crippen LogP) is 1.15. The number of hydrogen-bond acceptors (Lipinski definition) is 3. The zero-order valence-corrected chi connectivity index (χ0v) is 11.2. The first-order valence-electron chi connectivity index (χ1n) is 6.42. The van der Waals surface area contributed by atoms with Crippen LogP contribution in [-0.4, -0.2) is 25.0 Å². The number of hydrogen-bond donors (Lipinski definition) is 3. The Morgan fingerprint density at radius 1 is 1.39 bits per heavy atom. The summed E-state index contributed by atoms with van der Waals surface area (Å²) in [7, 11) is 0. The summed E-state index contributed by atoms with van der Waals surface area (Å²) >= 11 is 0. The van der Waals surface area contributed by atoms with Crippen molar-refractivity contribution in [2.24, 2.45) is 5.92 Å². The van der Waals surface area contributed by atoms with Gasteiger partial charge in [0.2, 0.25) is 0 Å². The van der Waals surface area contributed by atoms with Crippen LogP contribution in [0, 0.1) is 19.8 Å². The second-order valence-corrected chi connectivity index (χ2v) is 5.05. The van der Waals surface area contributed by atoms with Crippen molar-refractivity contribution in [3.63, 3.8) is 0 Å². The molecule has 18 heavy (non-hydrogen) atoms. The molecule has 0 saturated carbocycles. The van der Waals surface area contributed by atoms with Crippen molar-refractivity contribution in [1.82, 2.24) is 16.2 Å². The molecule has 2 unspecified atom stereocenters. The van der Waals surface area contributed by atoms with Crippen molar-refractivity contribution in [2.75, 3.05) is 13.1 Å². The average Bonchev–Trinajstić information content (AvgIpc) is 2.72. The predicted molar refractivity (Wildman–Crippen MR) is 72.3 cm³/mol. The van der Waals surface area contributed by atoms with Crippen LogP contribution in [0.4, 0.5) is 0 Å². The lowest BCUT2D eigenvalue weighted by Gasteiger charge is -2.16. The van der Waals surface area contributed by atoms with Crippen LogP contribution in [-0.2, 0) is 0 Å². The quantitative estimate of drug-likeness (QED) is 0.751. The van der Waals surface area contributed by atoms with Crippen LogP contribution in [0.15, 0.2) is 18.2 Å². The zero-order valence-electron chi connectivity index (χ0n) is 11.2. The van der Waals surface area contributed by atoms with Crippen molar-refractivity contribution >= 4 is 5.91 Å². The van der Waals surface area contributed by atoms with Gasteiger partial charge < -0.3 is 5.32 Å². The maximum Gasteiger partial charge on any atom is 0.251 e. The van der Waals surface area contributed by atoms with E-state index >= 15 is 0 Å². The van der Waals surface area contributed by atoms with Crippen molar-refractivity contribution < 1.29 is 4.79 Å². The summed E-state index contributed by atoms with van der Waals surface area (Å²) < 4.78 is 0. The molecule has 1 amide bonds. The van der Waals surface area contributed by atoms with Gasteiger partial charge in [0.05, 0.1) is 0 Å². The maximum atomic E-state index is 12.2. The van der Waals surface area contributed by atoms with Gasteiger partial charge in [-0.1, -0.05) is 18.2 Å². The largest absolute Gasteiger partial charge is 0.352 e. The SMILES string of the molecule is Cc1cccc(C)c1C(=O)NCC1CNNC1C. The van der Waals surface area contributed by atoms with Gasteiger partial charge >= 0.3 is 0 Å². The second-order valence-electron chi connectivity index (χ2n) is 5.05. The number of hydrazine groups is 1. The smallest absolute Gasteiger partial charge is 0.251 e. The number of carbonyl (C=O) groups is 1. The van der Waals surface area contributed by atoms with Crippen LogP contribution >= 0.6 is 0 Å². The lowest BCUT2D eigenvalue weighted by atomic mass is 10.0. The number of rotatable bonds is 3. The normalized spacial score (nSPS) is 23.1. The topological polar surface area (TPSA) is 53.2 Å². The van der Waals surface area contributed by atoms with E-state index in [1.54, 1.807) is 0 Å². The highest BCUT2D eigenvalue weighted by Crippen LogP contribution is 2.13. The minimum Gasteiger partial charge on any atom is -0.352 e. The summed E-state index contributed by atoms with van der Waals surface area (Å²) in [5.41, 5.74) is 9.13. The summed E-state index contributed by atoms with van der Waals surface area (Å²) in [5.74, 6) is 0.475. The summed E-state index contributed by atoms with van der Waals surface area (Å²) in [6.07, 6.45) is 0. The van der Waals surface area contributed by atoms with Crippen molar-refractivity contribution in [3.05, 3.63) is 34.9 Å². The average molecular weight is 247 g/mol. The van der Waals surface area contributed by atoms with E-state index in [0.717, 1.165) is 23.2 Å². The van der Waals surface area contributed by atoms with E-state index in [2.05, 4.69) is 23.1 Å². The van der Waals surface area contributed by atoms with Gasteiger partial charge in [0.1, 0.15) is 0 Å². The Morgan fingerprint density at radius 3 is 2.61 bits per heavy atom. The minimum absolute atomic E-state index is 0.0321. The Balaban J connectivity index is 1.99. The number of nitrogens with one attached hydrogen (secondary N) is 3. The maximum absolute atomic E-state index is 12.2. The molecule has 0 spiro atoms. The molecule has 98 valence electrons. The van der Waals surface area contributed by atoms with Gasteiger partial charge in [0.15, 0.2) is 0 Å². The van der Waals surface area contributed by atoms with E-state index in [1.807, 2.05) is 32.0 Å². The Labute approximate surface area is 108 Å². The third kappa shape index (κ3) is 2.71. The first-order valence-corrected chi connectivity index (χ1v) is 6.42. The van der Waals surface area contributed by atoms with E-state index in [1.165, 1.54) is 0 Å². The summed E-state index contributed by atoms with van der Waals surface area (Å²) in [5, 5.41) is 3.03. The zero-order chi connectivity index (χ0) is 13.1. The lowest BCUT2D eigenvalue weighted by molar-refractivity contribution is 0.0946. The molecule has 2 rings (SSSR count). The summed E-state index contributed by atoms with van der Waals surface area (Å²) in [6.45, 7) is 7.67. The van der Waals surface area contributed by atoms with Crippen LogP contribution < -0.4 is 16.2 Å². The molecule has 4 heteroatoms. The van der Waals surface area contributed by atoms with E-state index in [-0.39, 0.29) is 5.91 Å². The van der Waals surface area contributed by atoms with Crippen LogP contribution in [0.5, 0.6) is 0 Å². The Morgan fingerprint density at radius 2 is 2.06 bits per heavy atom. The summed E-state index contributed by atoms with van der Waals surface area (Å²) in [4.78, 5) is 12.2. The number of carbonyl (C=O) groups excluding carboxylic acids is 1. The molecule has 1 heterocycles. The van der Waals surface area contributed by atoms with Crippen molar-refractivity contribution in [2.45, 2.75) is 26.8 Å². The first-order chi connectivity index (χ1) is 8.59. The highest BCUT2D eigenvalue weighted by atomic mass is 16.1. The third-order valence-corrected chi connectivity index (χ3v) is 3.63. The van der Waals surface area contributed by atoms with E-state index in [4.69, 9.17) is 0 Å². The molecule has 0 radical (unpaired) electrons. The number of amides is 1. The molecule has 1 aliphatic heterocycles. The van der Waals surface area contributed by atoms with Crippen molar-refractivity contribution in [3.8, 4) is 0 Å². The molecule has 0 aliphatic carbocycles. The molecular weight excluding hydrogens is 226 g/mol. The van der Waals surface area contributed by atoms with E-state index in [0.29, 0.717) is 18.5 Å². The minimum atomic E-state index is 0.0321. The molecular formula is C14H21N3O. The fourth-order valence-electron chi connectivity index (χ4n) is 2.38. The highest BCUT2D eigenvalue weighted by Gasteiger charge is 2.23. The van der Waals surface area contributed by atoms with Gasteiger partial charge in [0.25, 0.3) is 5.91 Å². The van der Waals surface area contributed by atoms with Gasteiger partial charge in [-0.05, 0) is 31.9 Å². The van der Waals surface area contributed by atoms with Crippen LogP contribution in [0.1, 0.15) is 28.4 Å². The monoisotopic (exact) mass is 247 g/mol. The number of benzene rings is 1. The molecule has 0 aromatic heterocycles. The fraction of sp³-hybridized carbons (Fsp3) is 0.500. The van der Waals surface area contributed by atoms with Crippen LogP contribution in [0.3, 0.4) is 0 Å². The summed E-state index contributed by atoms with van der Waals surface area (Å²) in [6, 6.07) is 6.32. The van der Waals surface area contributed by atoms with Gasteiger partial charge in [0, 0.05) is 30.6 Å².